The molecule has 0 aliphatic rings. The number of fused-ring (bicyclic) bond motifs is 1. The minimum atomic E-state index is -0.118. The van der Waals surface area contributed by atoms with E-state index in [1.807, 2.05) is 54.6 Å². The zero-order chi connectivity index (χ0) is 19.2. The van der Waals surface area contributed by atoms with E-state index in [1.54, 1.807) is 26.2 Å². The molecule has 27 heavy (non-hydrogen) atoms. The first-order chi connectivity index (χ1) is 13.1. The summed E-state index contributed by atoms with van der Waals surface area (Å²) in [5.74, 6) is 1.62. The number of methoxy groups -OCH3 is 2. The quantitative estimate of drug-likeness (QED) is 0.713. The van der Waals surface area contributed by atoms with E-state index < -0.39 is 0 Å². The lowest BCUT2D eigenvalue weighted by Gasteiger charge is -2.18. The van der Waals surface area contributed by atoms with Crippen LogP contribution in [0, 0.1) is 0 Å². The molecule has 0 radical (unpaired) electrons. The van der Waals surface area contributed by atoms with Crippen LogP contribution < -0.4 is 14.8 Å². The van der Waals surface area contributed by atoms with Gasteiger partial charge in [0.15, 0.2) is 0 Å². The van der Waals surface area contributed by atoms with Gasteiger partial charge in [0.05, 0.1) is 14.2 Å². The van der Waals surface area contributed by atoms with Gasteiger partial charge < -0.3 is 19.7 Å². The van der Waals surface area contributed by atoms with Gasteiger partial charge in [-0.15, -0.1) is 0 Å². The maximum Gasteiger partial charge on any atom is 0.317 e. The van der Waals surface area contributed by atoms with Crippen LogP contribution in [0.4, 0.5) is 4.79 Å². The number of nitrogens with one attached hydrogen (secondary N) is 1. The molecule has 0 saturated heterocycles. The van der Waals surface area contributed by atoms with Gasteiger partial charge in [0.2, 0.25) is 0 Å². The summed E-state index contributed by atoms with van der Waals surface area (Å²) in [6.45, 7) is 0.990. The van der Waals surface area contributed by atoms with Crippen molar-refractivity contribution in [1.29, 1.82) is 0 Å². The van der Waals surface area contributed by atoms with E-state index in [0.29, 0.717) is 13.1 Å². The number of rotatable bonds is 6. The molecular weight excluding hydrogens is 340 g/mol. The van der Waals surface area contributed by atoms with Crippen LogP contribution in [-0.4, -0.2) is 32.2 Å². The van der Waals surface area contributed by atoms with Crippen LogP contribution in [0.25, 0.3) is 10.8 Å². The van der Waals surface area contributed by atoms with Crippen LogP contribution in [-0.2, 0) is 13.1 Å². The fraction of sp³-hybridized carbons (Fsp3) is 0.227. The average Bonchev–Trinajstić information content (AvgIpc) is 2.71. The number of benzene rings is 3. The monoisotopic (exact) mass is 364 g/mol. The fourth-order valence-corrected chi connectivity index (χ4v) is 2.94. The Balaban J connectivity index is 1.60. The molecular formula is C22H24N2O3. The largest absolute Gasteiger partial charge is 0.497 e. The number of carbonyl (C=O) groups is 1. The van der Waals surface area contributed by atoms with E-state index in [4.69, 9.17) is 9.47 Å². The number of hydrogen-bond acceptors (Lipinski definition) is 3. The summed E-state index contributed by atoms with van der Waals surface area (Å²) in [5.41, 5.74) is 2.07. The summed E-state index contributed by atoms with van der Waals surface area (Å²) in [6, 6.07) is 19.7. The molecule has 0 saturated carbocycles. The molecule has 0 unspecified atom stereocenters. The first-order valence-corrected chi connectivity index (χ1v) is 8.77. The Hall–Kier alpha value is -3.21. The molecule has 5 nitrogen and oxygen atoms in total. The molecule has 0 aromatic heterocycles. The van der Waals surface area contributed by atoms with Crippen molar-refractivity contribution in [2.24, 2.45) is 0 Å². The van der Waals surface area contributed by atoms with Gasteiger partial charge in [-0.2, -0.15) is 0 Å². The van der Waals surface area contributed by atoms with Crippen molar-refractivity contribution in [1.82, 2.24) is 10.2 Å². The minimum absolute atomic E-state index is 0.118. The summed E-state index contributed by atoms with van der Waals surface area (Å²) in [4.78, 5) is 14.0. The zero-order valence-electron chi connectivity index (χ0n) is 15.9. The number of urea groups is 1. The molecule has 0 aliphatic carbocycles. The van der Waals surface area contributed by atoms with E-state index >= 15 is 0 Å². The minimum Gasteiger partial charge on any atom is -0.497 e. The second kappa shape index (κ2) is 8.45. The normalized spacial score (nSPS) is 10.5. The molecule has 5 heteroatoms. The van der Waals surface area contributed by atoms with Gasteiger partial charge in [0.1, 0.15) is 11.5 Å². The SMILES string of the molecule is COc1cccc(CN(C)C(=O)NCc2ccc3cc(OC)ccc3c2)c1. The molecule has 0 fully saturated rings. The van der Waals surface area contributed by atoms with Crippen molar-refractivity contribution in [2.75, 3.05) is 21.3 Å². The van der Waals surface area contributed by atoms with Gasteiger partial charge in [-0.1, -0.05) is 30.3 Å². The number of nitrogens with zero attached hydrogens (tertiary/aromatic N) is 1. The van der Waals surface area contributed by atoms with Gasteiger partial charge in [-0.3, -0.25) is 0 Å². The second-order valence-electron chi connectivity index (χ2n) is 6.41. The molecule has 0 bridgehead atoms. The van der Waals surface area contributed by atoms with Crippen LogP contribution in [0.1, 0.15) is 11.1 Å². The van der Waals surface area contributed by atoms with E-state index in [9.17, 15) is 4.79 Å². The van der Waals surface area contributed by atoms with E-state index in [1.165, 1.54) is 0 Å². The highest BCUT2D eigenvalue weighted by Crippen LogP contribution is 2.22. The third kappa shape index (κ3) is 4.70. The molecule has 0 heterocycles. The lowest BCUT2D eigenvalue weighted by Crippen LogP contribution is -2.36. The summed E-state index contributed by atoms with van der Waals surface area (Å²) < 4.78 is 10.5. The topological polar surface area (TPSA) is 50.8 Å². The Labute approximate surface area is 159 Å². The Morgan fingerprint density at radius 3 is 2.37 bits per heavy atom. The van der Waals surface area contributed by atoms with Gasteiger partial charge in [-0.05, 0) is 52.2 Å². The van der Waals surface area contributed by atoms with Crippen molar-refractivity contribution in [3.63, 3.8) is 0 Å². The van der Waals surface area contributed by atoms with Gasteiger partial charge in [-0.25, -0.2) is 4.79 Å². The van der Waals surface area contributed by atoms with Crippen LogP contribution in [0.5, 0.6) is 11.5 Å². The highest BCUT2D eigenvalue weighted by atomic mass is 16.5. The van der Waals surface area contributed by atoms with Crippen molar-refractivity contribution >= 4 is 16.8 Å². The molecule has 3 aromatic carbocycles. The maximum atomic E-state index is 12.4. The van der Waals surface area contributed by atoms with Gasteiger partial charge in [0.25, 0.3) is 0 Å². The van der Waals surface area contributed by atoms with Crippen LogP contribution in [0.15, 0.2) is 60.7 Å². The molecule has 140 valence electrons. The summed E-state index contributed by atoms with van der Waals surface area (Å²) in [5, 5.41) is 5.19. The van der Waals surface area contributed by atoms with Crippen molar-refractivity contribution in [3.8, 4) is 11.5 Å². The average molecular weight is 364 g/mol. The number of amides is 2. The van der Waals surface area contributed by atoms with Crippen LogP contribution in [0.2, 0.25) is 0 Å². The maximum absolute atomic E-state index is 12.4. The number of hydrogen-bond donors (Lipinski definition) is 1. The van der Waals surface area contributed by atoms with Crippen molar-refractivity contribution in [2.45, 2.75) is 13.1 Å². The van der Waals surface area contributed by atoms with Gasteiger partial charge in [0, 0.05) is 20.1 Å². The summed E-state index contributed by atoms with van der Waals surface area (Å²) in [6.07, 6.45) is 0. The van der Waals surface area contributed by atoms with E-state index in [2.05, 4.69) is 11.4 Å². The van der Waals surface area contributed by atoms with Gasteiger partial charge >= 0.3 is 6.03 Å². The third-order valence-electron chi connectivity index (χ3n) is 4.46. The fourth-order valence-electron chi connectivity index (χ4n) is 2.94. The summed E-state index contributed by atoms with van der Waals surface area (Å²) >= 11 is 0. The van der Waals surface area contributed by atoms with Crippen LogP contribution >= 0.6 is 0 Å². The molecule has 1 N–H and O–H groups in total. The predicted octanol–water partition coefficient (Wildman–Crippen LogP) is 4.20. The van der Waals surface area contributed by atoms with E-state index in [-0.39, 0.29) is 6.03 Å². The lowest BCUT2D eigenvalue weighted by atomic mass is 10.1. The number of ether oxygens (including phenoxy) is 2. The lowest BCUT2D eigenvalue weighted by molar-refractivity contribution is 0.206. The first-order valence-electron chi connectivity index (χ1n) is 8.77. The Kier molecular flexibility index (Phi) is 5.81. The molecule has 2 amide bonds. The van der Waals surface area contributed by atoms with Crippen molar-refractivity contribution < 1.29 is 14.3 Å². The predicted molar refractivity (Wildman–Crippen MR) is 107 cm³/mol. The Bertz CT molecular complexity index is 940. The summed E-state index contributed by atoms with van der Waals surface area (Å²) in [7, 11) is 5.07. The highest BCUT2D eigenvalue weighted by molar-refractivity contribution is 5.84. The zero-order valence-corrected chi connectivity index (χ0v) is 15.9. The second-order valence-corrected chi connectivity index (χ2v) is 6.41. The highest BCUT2D eigenvalue weighted by Gasteiger charge is 2.09. The Morgan fingerprint density at radius 2 is 1.59 bits per heavy atom. The molecule has 3 rings (SSSR count). The molecule has 0 atom stereocenters. The first kappa shape index (κ1) is 18.6. The van der Waals surface area contributed by atoms with Crippen molar-refractivity contribution in [3.05, 3.63) is 71.8 Å². The van der Waals surface area contributed by atoms with E-state index in [0.717, 1.165) is 33.4 Å². The molecule has 3 aromatic rings. The smallest absolute Gasteiger partial charge is 0.317 e. The third-order valence-corrected chi connectivity index (χ3v) is 4.46. The molecule has 0 spiro atoms. The van der Waals surface area contributed by atoms with Crippen LogP contribution in [0.3, 0.4) is 0 Å². The Morgan fingerprint density at radius 1 is 0.889 bits per heavy atom. The standard InChI is InChI=1S/C22H24N2O3/c1-24(15-17-5-4-6-20(12-17)26-2)22(25)23-14-16-7-8-19-13-21(27-3)10-9-18(19)11-16/h4-13H,14-15H2,1-3H3,(H,23,25). The molecule has 0 aliphatic heterocycles. The number of carbonyl (C=O) groups excluding carboxylic acids is 1.